The van der Waals surface area contributed by atoms with Crippen LogP contribution in [0.5, 0.6) is 0 Å². The monoisotopic (exact) mass is 230 g/mol. The van der Waals surface area contributed by atoms with Crippen LogP contribution < -0.4 is 0 Å². The molecule has 0 aromatic heterocycles. The van der Waals surface area contributed by atoms with Crippen LogP contribution in [-0.4, -0.2) is 4.20 Å². The van der Waals surface area contributed by atoms with E-state index in [1.165, 1.54) is 11.1 Å². The Morgan fingerprint density at radius 1 is 0.800 bits per heavy atom. The topological polar surface area (TPSA) is 0 Å². The zero-order valence-electron chi connectivity index (χ0n) is 8.05. The zero-order chi connectivity index (χ0) is 10.7. The first kappa shape index (κ1) is 10.4. The maximum atomic E-state index is 4.99. The van der Waals surface area contributed by atoms with Gasteiger partial charge in [0.05, 0.1) is 4.20 Å². The van der Waals surface area contributed by atoms with E-state index in [-0.39, 0.29) is 0 Å². The highest BCUT2D eigenvalue weighted by atomic mass is 32.1. The van der Waals surface area contributed by atoms with Crippen LogP contribution in [0.25, 0.3) is 11.1 Å². The molecule has 2 aromatic carbocycles. The molecule has 0 atom stereocenters. The zero-order valence-corrected chi connectivity index (χ0v) is 9.76. The minimum absolute atomic E-state index is 0.634. The number of benzene rings is 2. The molecule has 0 spiro atoms. The van der Waals surface area contributed by atoms with Crippen molar-refractivity contribution in [2.45, 2.75) is 0 Å². The second-order valence-corrected chi connectivity index (χ2v) is 4.41. The molecule has 0 saturated carbocycles. The van der Waals surface area contributed by atoms with Gasteiger partial charge in [-0.05, 0) is 16.7 Å². The smallest absolute Gasteiger partial charge is 0.0747 e. The summed E-state index contributed by atoms with van der Waals surface area (Å²) in [6.07, 6.45) is 0. The van der Waals surface area contributed by atoms with Crippen molar-refractivity contribution in [1.82, 2.24) is 0 Å². The summed E-state index contributed by atoms with van der Waals surface area (Å²) in [5.41, 5.74) is 3.41. The highest BCUT2D eigenvalue weighted by Crippen LogP contribution is 2.19. The molecule has 0 heterocycles. The van der Waals surface area contributed by atoms with Crippen molar-refractivity contribution in [1.29, 1.82) is 0 Å². The van der Waals surface area contributed by atoms with Crippen LogP contribution in [0, 0.1) is 0 Å². The first-order chi connectivity index (χ1) is 7.27. The van der Waals surface area contributed by atoms with Gasteiger partial charge in [-0.25, -0.2) is 0 Å². The van der Waals surface area contributed by atoms with Gasteiger partial charge < -0.3 is 0 Å². The molecular formula is C13H10S2. The standard InChI is InChI=1S/C13H10S2/c14-13(15)12-8-6-11(7-9-12)10-4-2-1-3-5-10/h1-9H,(H,14,15). The molecule has 74 valence electrons. The van der Waals surface area contributed by atoms with Crippen LogP contribution in [0.15, 0.2) is 54.6 Å². The van der Waals surface area contributed by atoms with Crippen molar-refractivity contribution in [2.75, 3.05) is 0 Å². The molecule has 0 unspecified atom stereocenters. The molecule has 15 heavy (non-hydrogen) atoms. The van der Waals surface area contributed by atoms with Gasteiger partial charge in [-0.2, -0.15) is 0 Å². The van der Waals surface area contributed by atoms with Gasteiger partial charge in [0, 0.05) is 0 Å². The summed E-state index contributed by atoms with van der Waals surface area (Å²) in [5.74, 6) is 0. The van der Waals surface area contributed by atoms with Crippen molar-refractivity contribution in [3.05, 3.63) is 60.2 Å². The van der Waals surface area contributed by atoms with Crippen LogP contribution in [0.1, 0.15) is 5.56 Å². The maximum Gasteiger partial charge on any atom is 0.0747 e. The Hall–Kier alpha value is -1.12. The summed E-state index contributed by atoms with van der Waals surface area (Å²) in [6.45, 7) is 0. The van der Waals surface area contributed by atoms with Crippen LogP contribution in [0.2, 0.25) is 0 Å². The van der Waals surface area contributed by atoms with Gasteiger partial charge in [0.2, 0.25) is 0 Å². The van der Waals surface area contributed by atoms with Gasteiger partial charge in [0.1, 0.15) is 0 Å². The van der Waals surface area contributed by atoms with Crippen molar-refractivity contribution in [3.8, 4) is 11.1 Å². The van der Waals surface area contributed by atoms with E-state index in [1.807, 2.05) is 30.3 Å². The predicted molar refractivity (Wildman–Crippen MR) is 72.6 cm³/mol. The second-order valence-electron chi connectivity index (χ2n) is 3.25. The normalized spacial score (nSPS) is 9.93. The van der Waals surface area contributed by atoms with Crippen LogP contribution in [0.3, 0.4) is 0 Å². The Kier molecular flexibility index (Phi) is 3.19. The Morgan fingerprint density at radius 3 is 1.87 bits per heavy atom. The summed E-state index contributed by atoms with van der Waals surface area (Å²) in [5, 5.41) is 0. The highest BCUT2D eigenvalue weighted by molar-refractivity contribution is 8.11. The average Bonchev–Trinajstić information content (AvgIpc) is 2.30. The van der Waals surface area contributed by atoms with Crippen molar-refractivity contribution in [3.63, 3.8) is 0 Å². The lowest BCUT2D eigenvalue weighted by Gasteiger charge is -2.02. The molecule has 2 aromatic rings. The molecule has 0 nitrogen and oxygen atoms in total. The second kappa shape index (κ2) is 4.60. The first-order valence-electron chi connectivity index (χ1n) is 4.66. The van der Waals surface area contributed by atoms with E-state index in [0.717, 1.165) is 5.56 Å². The average molecular weight is 230 g/mol. The molecule has 0 radical (unpaired) electrons. The largest absolute Gasteiger partial charge is 0.131 e. The van der Waals surface area contributed by atoms with Crippen LogP contribution >= 0.6 is 24.8 Å². The number of hydrogen-bond acceptors (Lipinski definition) is 1. The van der Waals surface area contributed by atoms with Gasteiger partial charge in [-0.1, -0.05) is 66.8 Å². The van der Waals surface area contributed by atoms with Gasteiger partial charge in [-0.15, -0.1) is 12.6 Å². The minimum Gasteiger partial charge on any atom is -0.131 e. The van der Waals surface area contributed by atoms with Gasteiger partial charge in [0.25, 0.3) is 0 Å². The Morgan fingerprint density at radius 2 is 1.33 bits per heavy atom. The SMILES string of the molecule is S=C(S)c1ccc(-c2ccccc2)cc1. The molecule has 0 N–H and O–H groups in total. The lowest BCUT2D eigenvalue weighted by molar-refractivity contribution is 1.61. The molecule has 0 amide bonds. The van der Waals surface area contributed by atoms with Crippen molar-refractivity contribution < 1.29 is 0 Å². The fraction of sp³-hybridized carbons (Fsp3) is 0. The number of hydrogen-bond donors (Lipinski definition) is 1. The molecule has 0 aliphatic rings. The molecule has 2 heteroatoms. The van der Waals surface area contributed by atoms with E-state index in [2.05, 4.69) is 36.9 Å². The molecule has 0 fully saturated rings. The molecule has 0 saturated heterocycles. The molecule has 0 bridgehead atoms. The van der Waals surface area contributed by atoms with E-state index < -0.39 is 0 Å². The summed E-state index contributed by atoms with van der Waals surface area (Å²) in [7, 11) is 0. The highest BCUT2D eigenvalue weighted by Gasteiger charge is 1.98. The lowest BCUT2D eigenvalue weighted by atomic mass is 10.0. The van der Waals surface area contributed by atoms with Gasteiger partial charge in [-0.3, -0.25) is 0 Å². The van der Waals surface area contributed by atoms with E-state index in [1.54, 1.807) is 0 Å². The Bertz CT molecular complexity index is 458. The Balaban J connectivity index is 2.36. The molecule has 2 rings (SSSR count). The third kappa shape index (κ3) is 2.46. The van der Waals surface area contributed by atoms with Crippen molar-refractivity contribution in [2.24, 2.45) is 0 Å². The quantitative estimate of drug-likeness (QED) is 0.602. The predicted octanol–water partition coefficient (Wildman–Crippen LogP) is 3.96. The minimum atomic E-state index is 0.634. The van der Waals surface area contributed by atoms with E-state index in [9.17, 15) is 0 Å². The molecular weight excluding hydrogens is 220 g/mol. The fourth-order valence-electron chi connectivity index (χ4n) is 1.44. The van der Waals surface area contributed by atoms with Crippen molar-refractivity contribution >= 4 is 29.0 Å². The summed E-state index contributed by atoms with van der Waals surface area (Å²) in [6, 6.07) is 18.4. The Labute approximate surface area is 100 Å². The summed E-state index contributed by atoms with van der Waals surface area (Å²) in [4.78, 5) is 0. The fourth-order valence-corrected chi connectivity index (χ4v) is 1.72. The lowest BCUT2D eigenvalue weighted by Crippen LogP contribution is -1.86. The van der Waals surface area contributed by atoms with E-state index in [4.69, 9.17) is 12.2 Å². The number of rotatable bonds is 2. The number of thiocarbonyl (C=S) groups is 1. The third-order valence-electron chi connectivity index (χ3n) is 2.24. The van der Waals surface area contributed by atoms with Gasteiger partial charge in [0.15, 0.2) is 0 Å². The van der Waals surface area contributed by atoms with Crippen LogP contribution in [-0.2, 0) is 0 Å². The third-order valence-corrected chi connectivity index (χ3v) is 2.73. The van der Waals surface area contributed by atoms with E-state index in [0.29, 0.717) is 4.20 Å². The number of thiol groups is 1. The summed E-state index contributed by atoms with van der Waals surface area (Å²) < 4.78 is 0.634. The maximum absolute atomic E-state index is 4.99. The molecule has 0 aliphatic carbocycles. The van der Waals surface area contributed by atoms with Crippen LogP contribution in [0.4, 0.5) is 0 Å². The molecule has 0 aliphatic heterocycles. The first-order valence-corrected chi connectivity index (χ1v) is 5.52. The van der Waals surface area contributed by atoms with E-state index >= 15 is 0 Å². The van der Waals surface area contributed by atoms with Gasteiger partial charge >= 0.3 is 0 Å². The summed E-state index contributed by atoms with van der Waals surface area (Å²) >= 11 is 9.13.